The molecule has 1 aromatic rings. The lowest BCUT2D eigenvalue weighted by molar-refractivity contribution is -0.122. The Kier molecular flexibility index (Phi) is 4.83. The van der Waals surface area contributed by atoms with Crippen LogP contribution in [0.5, 0.6) is 0 Å². The van der Waals surface area contributed by atoms with Gasteiger partial charge in [0.2, 0.25) is 5.91 Å². The van der Waals surface area contributed by atoms with Gasteiger partial charge in [-0.05, 0) is 37.8 Å². The quantitative estimate of drug-likeness (QED) is 0.838. The third kappa shape index (κ3) is 3.84. The van der Waals surface area contributed by atoms with E-state index < -0.39 is 0 Å². The van der Waals surface area contributed by atoms with Crippen molar-refractivity contribution in [3.8, 4) is 0 Å². The molecule has 1 heterocycles. The van der Waals surface area contributed by atoms with Gasteiger partial charge in [-0.1, -0.05) is 23.2 Å². The van der Waals surface area contributed by atoms with Crippen molar-refractivity contribution in [1.29, 1.82) is 0 Å². The standard InChI is InChI=1S/C13H15Cl2N3O2/c14-10-5-8(6-11(15)18-10)13(20)17-9-3-1-7(2-4-9)12(16)19/h5-7,9H,1-4H2,(H2,16,19)(H,17,20). The van der Waals surface area contributed by atoms with Crippen LogP contribution in [-0.2, 0) is 4.79 Å². The van der Waals surface area contributed by atoms with Gasteiger partial charge in [-0.25, -0.2) is 4.98 Å². The number of nitrogens with two attached hydrogens (primary N) is 1. The molecule has 1 aromatic heterocycles. The number of hydrogen-bond acceptors (Lipinski definition) is 3. The molecule has 0 unspecified atom stereocenters. The van der Waals surface area contributed by atoms with Crippen molar-refractivity contribution in [3.63, 3.8) is 0 Å². The third-order valence-corrected chi connectivity index (χ3v) is 3.88. The van der Waals surface area contributed by atoms with E-state index in [1.807, 2.05) is 0 Å². The van der Waals surface area contributed by atoms with E-state index in [2.05, 4.69) is 10.3 Å². The van der Waals surface area contributed by atoms with Crippen molar-refractivity contribution in [3.05, 3.63) is 28.0 Å². The number of halogens is 2. The molecule has 1 aliphatic carbocycles. The molecule has 7 heteroatoms. The van der Waals surface area contributed by atoms with E-state index in [-0.39, 0.29) is 34.1 Å². The summed E-state index contributed by atoms with van der Waals surface area (Å²) in [6.45, 7) is 0. The molecule has 3 N–H and O–H groups in total. The van der Waals surface area contributed by atoms with Crippen LogP contribution >= 0.6 is 23.2 Å². The lowest BCUT2D eigenvalue weighted by Gasteiger charge is -2.27. The predicted octanol–water partition coefficient (Wildman–Crippen LogP) is 2.16. The molecule has 1 saturated carbocycles. The SMILES string of the molecule is NC(=O)C1CCC(NC(=O)c2cc(Cl)nc(Cl)c2)CC1. The first-order chi connectivity index (χ1) is 9.45. The average molecular weight is 316 g/mol. The van der Waals surface area contributed by atoms with Gasteiger partial charge in [0, 0.05) is 17.5 Å². The summed E-state index contributed by atoms with van der Waals surface area (Å²) >= 11 is 11.5. The molecule has 0 aromatic carbocycles. The minimum Gasteiger partial charge on any atom is -0.369 e. The van der Waals surface area contributed by atoms with Crippen LogP contribution in [0.25, 0.3) is 0 Å². The maximum absolute atomic E-state index is 12.1. The molecule has 108 valence electrons. The zero-order valence-electron chi connectivity index (χ0n) is 10.7. The zero-order valence-corrected chi connectivity index (χ0v) is 12.2. The molecule has 2 rings (SSSR count). The molecule has 2 amide bonds. The minimum atomic E-state index is -0.262. The van der Waals surface area contributed by atoms with Gasteiger partial charge in [-0.3, -0.25) is 9.59 Å². The Morgan fingerprint density at radius 3 is 2.20 bits per heavy atom. The van der Waals surface area contributed by atoms with Crippen molar-refractivity contribution >= 4 is 35.0 Å². The van der Waals surface area contributed by atoms with Crippen LogP contribution in [0, 0.1) is 5.92 Å². The summed E-state index contributed by atoms with van der Waals surface area (Å²) in [5.41, 5.74) is 5.66. The monoisotopic (exact) mass is 315 g/mol. The second-order valence-corrected chi connectivity index (χ2v) is 5.70. The van der Waals surface area contributed by atoms with E-state index >= 15 is 0 Å². The molecular weight excluding hydrogens is 301 g/mol. The summed E-state index contributed by atoms with van der Waals surface area (Å²) in [4.78, 5) is 27.0. The van der Waals surface area contributed by atoms with Gasteiger partial charge in [-0.2, -0.15) is 0 Å². The van der Waals surface area contributed by atoms with Crippen molar-refractivity contribution in [2.24, 2.45) is 11.7 Å². The minimum absolute atomic E-state index is 0.0452. The first kappa shape index (κ1) is 15.1. The van der Waals surface area contributed by atoms with Crippen molar-refractivity contribution in [2.75, 3.05) is 0 Å². The summed E-state index contributed by atoms with van der Waals surface area (Å²) in [7, 11) is 0. The average Bonchev–Trinajstić information content (AvgIpc) is 2.38. The number of carbonyl (C=O) groups is 2. The van der Waals surface area contributed by atoms with Crippen molar-refractivity contribution in [2.45, 2.75) is 31.7 Å². The van der Waals surface area contributed by atoms with E-state index in [1.54, 1.807) is 0 Å². The number of carbonyl (C=O) groups excluding carboxylic acids is 2. The number of primary amides is 1. The number of rotatable bonds is 3. The zero-order chi connectivity index (χ0) is 14.7. The number of aromatic nitrogens is 1. The predicted molar refractivity (Wildman–Crippen MR) is 76.7 cm³/mol. The molecule has 1 fully saturated rings. The molecule has 0 radical (unpaired) electrons. The lowest BCUT2D eigenvalue weighted by atomic mass is 9.85. The largest absolute Gasteiger partial charge is 0.369 e. The highest BCUT2D eigenvalue weighted by Gasteiger charge is 2.25. The van der Waals surface area contributed by atoms with Crippen LogP contribution in [-0.4, -0.2) is 22.8 Å². The second-order valence-electron chi connectivity index (χ2n) is 4.93. The Balaban J connectivity index is 1.94. The third-order valence-electron chi connectivity index (χ3n) is 3.49. The van der Waals surface area contributed by atoms with Crippen molar-refractivity contribution < 1.29 is 9.59 Å². The Morgan fingerprint density at radius 1 is 1.15 bits per heavy atom. The maximum Gasteiger partial charge on any atom is 0.251 e. The van der Waals surface area contributed by atoms with Crippen LogP contribution in [0.3, 0.4) is 0 Å². The molecular formula is C13H15Cl2N3O2. The Morgan fingerprint density at radius 2 is 1.70 bits per heavy atom. The summed E-state index contributed by atoms with van der Waals surface area (Å²) < 4.78 is 0. The summed E-state index contributed by atoms with van der Waals surface area (Å²) in [6, 6.07) is 2.99. The fraction of sp³-hybridized carbons (Fsp3) is 0.462. The number of nitrogens with one attached hydrogen (secondary N) is 1. The fourth-order valence-electron chi connectivity index (χ4n) is 2.39. The molecule has 0 aliphatic heterocycles. The van der Waals surface area contributed by atoms with E-state index in [4.69, 9.17) is 28.9 Å². The van der Waals surface area contributed by atoms with Gasteiger partial charge in [0.1, 0.15) is 10.3 Å². The number of nitrogens with zero attached hydrogens (tertiary/aromatic N) is 1. The summed E-state index contributed by atoms with van der Waals surface area (Å²) in [5.74, 6) is -0.575. The van der Waals surface area contributed by atoms with Crippen LogP contribution in [0.15, 0.2) is 12.1 Å². The molecule has 0 saturated heterocycles. The fourth-order valence-corrected chi connectivity index (χ4v) is 2.85. The van der Waals surface area contributed by atoms with Gasteiger partial charge < -0.3 is 11.1 Å². The molecule has 0 bridgehead atoms. The van der Waals surface area contributed by atoms with Crippen LogP contribution in [0.2, 0.25) is 10.3 Å². The maximum atomic E-state index is 12.1. The van der Waals surface area contributed by atoms with Crippen molar-refractivity contribution in [1.82, 2.24) is 10.3 Å². The van der Waals surface area contributed by atoms with Gasteiger partial charge in [0.15, 0.2) is 0 Å². The van der Waals surface area contributed by atoms with E-state index in [9.17, 15) is 9.59 Å². The molecule has 0 spiro atoms. The number of amides is 2. The lowest BCUT2D eigenvalue weighted by Crippen LogP contribution is -2.39. The first-order valence-corrected chi connectivity index (χ1v) is 7.14. The second kappa shape index (κ2) is 6.41. The highest BCUT2D eigenvalue weighted by atomic mass is 35.5. The normalized spacial score (nSPS) is 22.3. The van der Waals surface area contributed by atoms with Gasteiger partial charge in [0.25, 0.3) is 5.91 Å². The Bertz CT molecular complexity index is 508. The molecule has 5 nitrogen and oxygen atoms in total. The van der Waals surface area contributed by atoms with E-state index in [1.165, 1.54) is 12.1 Å². The van der Waals surface area contributed by atoms with Gasteiger partial charge in [-0.15, -0.1) is 0 Å². The van der Waals surface area contributed by atoms with Crippen LogP contribution in [0.4, 0.5) is 0 Å². The first-order valence-electron chi connectivity index (χ1n) is 6.39. The Labute approximate surface area is 126 Å². The van der Waals surface area contributed by atoms with Crippen LogP contribution < -0.4 is 11.1 Å². The number of hydrogen-bond donors (Lipinski definition) is 2. The van der Waals surface area contributed by atoms with Gasteiger partial charge in [0.05, 0.1) is 0 Å². The molecule has 0 atom stereocenters. The molecule has 1 aliphatic rings. The topological polar surface area (TPSA) is 85.1 Å². The number of pyridine rings is 1. The van der Waals surface area contributed by atoms with Gasteiger partial charge >= 0.3 is 0 Å². The Hall–Kier alpha value is -1.33. The highest BCUT2D eigenvalue weighted by Crippen LogP contribution is 2.24. The van der Waals surface area contributed by atoms with E-state index in [0.717, 1.165) is 12.8 Å². The smallest absolute Gasteiger partial charge is 0.251 e. The van der Waals surface area contributed by atoms with Crippen LogP contribution in [0.1, 0.15) is 36.0 Å². The summed E-state index contributed by atoms with van der Waals surface area (Å²) in [6.07, 6.45) is 2.90. The van der Waals surface area contributed by atoms with E-state index in [0.29, 0.717) is 18.4 Å². The summed E-state index contributed by atoms with van der Waals surface area (Å²) in [5, 5.41) is 3.27. The highest BCUT2D eigenvalue weighted by molar-refractivity contribution is 6.33. The molecule has 20 heavy (non-hydrogen) atoms.